The van der Waals surface area contributed by atoms with Crippen LogP contribution in [0.3, 0.4) is 0 Å². The minimum Gasteiger partial charge on any atom is -0.487 e. The quantitative estimate of drug-likeness (QED) is 0.653. The number of carbonyl (C=O) groups excluding carboxylic acids is 1. The first-order chi connectivity index (χ1) is 13.0. The van der Waals surface area contributed by atoms with Gasteiger partial charge < -0.3 is 10.1 Å². The van der Waals surface area contributed by atoms with Crippen molar-refractivity contribution in [3.63, 3.8) is 0 Å². The van der Waals surface area contributed by atoms with Gasteiger partial charge in [-0.25, -0.2) is 0 Å². The van der Waals surface area contributed by atoms with Gasteiger partial charge in [-0.2, -0.15) is 0 Å². The Morgan fingerprint density at radius 1 is 1.19 bits per heavy atom. The maximum atomic E-state index is 12.9. The second-order valence-electron chi connectivity index (χ2n) is 7.37. The van der Waals surface area contributed by atoms with Gasteiger partial charge in [-0.05, 0) is 44.9 Å². The molecule has 3 nitrogen and oxygen atoms in total. The molecule has 4 heteroatoms. The zero-order valence-corrected chi connectivity index (χ0v) is 17.4. The topological polar surface area (TPSA) is 38.3 Å². The first kappa shape index (κ1) is 19.8. The van der Waals surface area contributed by atoms with Gasteiger partial charge in [0.25, 0.3) is 0 Å². The molecule has 0 aliphatic carbocycles. The number of carbonyl (C=O) groups is 1. The molecule has 27 heavy (non-hydrogen) atoms. The maximum Gasteiger partial charge on any atom is 0.233 e. The minimum absolute atomic E-state index is 0.0107. The Labute approximate surface area is 166 Å². The van der Waals surface area contributed by atoms with Crippen molar-refractivity contribution in [1.29, 1.82) is 0 Å². The van der Waals surface area contributed by atoms with Crippen LogP contribution in [0.5, 0.6) is 5.75 Å². The number of rotatable bonds is 6. The molecule has 2 atom stereocenters. The number of amides is 1. The van der Waals surface area contributed by atoms with E-state index in [1.807, 2.05) is 25.1 Å². The van der Waals surface area contributed by atoms with Crippen LogP contribution in [0.4, 0.5) is 0 Å². The lowest BCUT2D eigenvalue weighted by Gasteiger charge is -2.42. The van der Waals surface area contributed by atoms with Gasteiger partial charge >= 0.3 is 0 Å². The molecule has 0 radical (unpaired) electrons. The van der Waals surface area contributed by atoms with Crippen molar-refractivity contribution in [3.05, 3.63) is 59.7 Å². The Bertz CT molecular complexity index is 783. The monoisotopic (exact) mass is 383 g/mol. The molecule has 1 aliphatic rings. The van der Waals surface area contributed by atoms with Crippen molar-refractivity contribution in [2.24, 2.45) is 0 Å². The standard InChI is InChI=1S/C23H29NO2S/c1-5-23(6-2)15-20(19-9-7-8-10-21(19)26-23)24-22(25)17(4)27-18-13-11-16(3)12-14-18/h7-14,17,20H,5-6,15H2,1-4H3,(H,24,25). The fourth-order valence-corrected chi connectivity index (χ4v) is 4.47. The van der Waals surface area contributed by atoms with Crippen LogP contribution in [-0.2, 0) is 4.79 Å². The summed E-state index contributed by atoms with van der Waals surface area (Å²) in [5, 5.41) is 3.14. The first-order valence-corrected chi connectivity index (χ1v) is 10.7. The van der Waals surface area contributed by atoms with Gasteiger partial charge in [0.15, 0.2) is 0 Å². The van der Waals surface area contributed by atoms with E-state index < -0.39 is 0 Å². The molecule has 0 saturated heterocycles. The number of fused-ring (bicyclic) bond motifs is 1. The van der Waals surface area contributed by atoms with E-state index >= 15 is 0 Å². The maximum absolute atomic E-state index is 12.9. The van der Waals surface area contributed by atoms with E-state index in [0.29, 0.717) is 0 Å². The summed E-state index contributed by atoms with van der Waals surface area (Å²) in [5.41, 5.74) is 2.10. The van der Waals surface area contributed by atoms with E-state index in [-0.39, 0.29) is 22.8 Å². The first-order valence-electron chi connectivity index (χ1n) is 9.78. The van der Waals surface area contributed by atoms with Crippen LogP contribution in [-0.4, -0.2) is 16.8 Å². The van der Waals surface area contributed by atoms with Crippen LogP contribution >= 0.6 is 11.8 Å². The summed E-state index contributed by atoms with van der Waals surface area (Å²) in [4.78, 5) is 14.0. The van der Waals surface area contributed by atoms with Crippen molar-refractivity contribution in [1.82, 2.24) is 5.32 Å². The zero-order valence-electron chi connectivity index (χ0n) is 16.6. The number of para-hydroxylation sites is 1. The fraction of sp³-hybridized carbons (Fsp3) is 0.435. The van der Waals surface area contributed by atoms with Crippen molar-refractivity contribution >= 4 is 17.7 Å². The van der Waals surface area contributed by atoms with Crippen molar-refractivity contribution in [3.8, 4) is 5.75 Å². The lowest BCUT2D eigenvalue weighted by atomic mass is 9.83. The third-order valence-corrected chi connectivity index (χ3v) is 6.62. The van der Waals surface area contributed by atoms with Crippen LogP contribution in [0.25, 0.3) is 0 Å². The third-order valence-electron chi connectivity index (χ3n) is 5.51. The van der Waals surface area contributed by atoms with Crippen LogP contribution in [0.2, 0.25) is 0 Å². The third kappa shape index (κ3) is 4.49. The van der Waals surface area contributed by atoms with E-state index in [0.717, 1.165) is 35.5 Å². The average molecular weight is 384 g/mol. The molecule has 144 valence electrons. The Balaban J connectivity index is 1.74. The van der Waals surface area contributed by atoms with Gasteiger partial charge in [0, 0.05) is 16.9 Å². The molecule has 0 saturated carbocycles. The number of benzene rings is 2. The van der Waals surface area contributed by atoms with Crippen molar-refractivity contribution in [2.45, 2.75) is 68.7 Å². The number of hydrogen-bond donors (Lipinski definition) is 1. The number of nitrogens with one attached hydrogen (secondary N) is 1. The zero-order chi connectivity index (χ0) is 19.4. The van der Waals surface area contributed by atoms with Gasteiger partial charge in [-0.1, -0.05) is 49.7 Å². The molecule has 0 aromatic heterocycles. The van der Waals surface area contributed by atoms with Gasteiger partial charge in [-0.3, -0.25) is 4.79 Å². The summed E-state index contributed by atoms with van der Waals surface area (Å²) < 4.78 is 6.34. The van der Waals surface area contributed by atoms with Crippen molar-refractivity contribution < 1.29 is 9.53 Å². The molecule has 1 aliphatic heterocycles. The number of aryl methyl sites for hydroxylation is 1. The summed E-state index contributed by atoms with van der Waals surface area (Å²) >= 11 is 1.60. The van der Waals surface area contributed by atoms with Crippen LogP contribution in [0.1, 0.15) is 57.2 Å². The highest BCUT2D eigenvalue weighted by Gasteiger charge is 2.39. The molecule has 0 fully saturated rings. The highest BCUT2D eigenvalue weighted by Crippen LogP contribution is 2.42. The molecule has 0 spiro atoms. The van der Waals surface area contributed by atoms with E-state index in [2.05, 4.69) is 56.4 Å². The SMILES string of the molecule is CCC1(CC)CC(NC(=O)C(C)Sc2ccc(C)cc2)c2ccccc2O1. The van der Waals surface area contributed by atoms with E-state index in [1.54, 1.807) is 11.8 Å². The second-order valence-corrected chi connectivity index (χ2v) is 8.78. The van der Waals surface area contributed by atoms with Gasteiger partial charge in [0.2, 0.25) is 5.91 Å². The molecule has 2 aromatic rings. The lowest BCUT2D eigenvalue weighted by Crippen LogP contribution is -2.45. The number of ether oxygens (including phenoxy) is 1. The van der Waals surface area contributed by atoms with Crippen molar-refractivity contribution in [2.75, 3.05) is 0 Å². The molecule has 1 amide bonds. The van der Waals surface area contributed by atoms with E-state index in [9.17, 15) is 4.79 Å². The molecule has 1 heterocycles. The highest BCUT2D eigenvalue weighted by molar-refractivity contribution is 8.00. The molecular formula is C23H29NO2S. The number of thioether (sulfide) groups is 1. The number of hydrogen-bond acceptors (Lipinski definition) is 3. The Hall–Kier alpha value is -1.94. The average Bonchev–Trinajstić information content (AvgIpc) is 2.69. The van der Waals surface area contributed by atoms with Gasteiger partial charge in [-0.15, -0.1) is 11.8 Å². The fourth-order valence-electron chi connectivity index (χ4n) is 3.59. The molecule has 2 unspecified atom stereocenters. The van der Waals surface area contributed by atoms with Gasteiger partial charge in [0.05, 0.1) is 11.3 Å². The predicted octanol–water partition coefficient (Wildman–Crippen LogP) is 5.67. The Morgan fingerprint density at radius 2 is 1.85 bits per heavy atom. The summed E-state index contributed by atoms with van der Waals surface area (Å²) in [6.45, 7) is 8.36. The lowest BCUT2D eigenvalue weighted by molar-refractivity contribution is -0.121. The minimum atomic E-state index is -0.209. The smallest absolute Gasteiger partial charge is 0.233 e. The largest absolute Gasteiger partial charge is 0.487 e. The molecule has 2 aromatic carbocycles. The molecule has 0 bridgehead atoms. The molecule has 3 rings (SSSR count). The predicted molar refractivity (Wildman–Crippen MR) is 112 cm³/mol. The van der Waals surface area contributed by atoms with E-state index in [1.165, 1.54) is 5.56 Å². The van der Waals surface area contributed by atoms with E-state index in [4.69, 9.17) is 4.74 Å². The summed E-state index contributed by atoms with van der Waals surface area (Å²) in [6.07, 6.45) is 2.67. The summed E-state index contributed by atoms with van der Waals surface area (Å²) in [5.74, 6) is 0.972. The van der Waals surface area contributed by atoms with Crippen LogP contribution < -0.4 is 10.1 Å². The normalized spacial score (nSPS) is 18.9. The second kappa shape index (κ2) is 8.39. The Kier molecular flexibility index (Phi) is 6.15. The molecular weight excluding hydrogens is 354 g/mol. The van der Waals surface area contributed by atoms with Gasteiger partial charge in [0.1, 0.15) is 11.4 Å². The Morgan fingerprint density at radius 3 is 2.52 bits per heavy atom. The summed E-state index contributed by atoms with van der Waals surface area (Å²) in [7, 11) is 0. The molecule has 1 N–H and O–H groups in total. The highest BCUT2D eigenvalue weighted by atomic mass is 32.2. The summed E-state index contributed by atoms with van der Waals surface area (Å²) in [6, 6.07) is 16.4. The van der Waals surface area contributed by atoms with Crippen LogP contribution in [0.15, 0.2) is 53.4 Å². The van der Waals surface area contributed by atoms with Crippen LogP contribution in [0, 0.1) is 6.92 Å².